The van der Waals surface area contributed by atoms with Gasteiger partial charge in [-0.1, -0.05) is 55.3 Å². The fourth-order valence-electron chi connectivity index (χ4n) is 2.06. The molecule has 1 aromatic carbocycles. The normalized spacial score (nSPS) is 25.1. The van der Waals surface area contributed by atoms with E-state index in [1.54, 1.807) is 0 Å². The van der Waals surface area contributed by atoms with Gasteiger partial charge >= 0.3 is 0 Å². The van der Waals surface area contributed by atoms with Gasteiger partial charge in [-0.25, -0.2) is 0 Å². The van der Waals surface area contributed by atoms with Crippen LogP contribution in [0.5, 0.6) is 0 Å². The quantitative estimate of drug-likeness (QED) is 0.661. The maximum absolute atomic E-state index is 3.50. The molecule has 0 unspecified atom stereocenters. The second kappa shape index (κ2) is 6.23. The lowest BCUT2D eigenvalue weighted by molar-refractivity contribution is 0.248. The molecule has 100 valence electrons. The molecule has 3 heteroatoms. The molecule has 0 nitrogen and oxygen atoms in total. The molecule has 18 heavy (non-hydrogen) atoms. The summed E-state index contributed by atoms with van der Waals surface area (Å²) in [5.41, 5.74) is 1.95. The van der Waals surface area contributed by atoms with Gasteiger partial charge in [0.25, 0.3) is 0 Å². The molecule has 0 saturated carbocycles. The van der Waals surface area contributed by atoms with Crippen LogP contribution in [0.15, 0.2) is 28.7 Å². The Kier molecular flexibility index (Phi) is 5.13. The van der Waals surface area contributed by atoms with E-state index in [2.05, 4.69) is 84.5 Å². The molecule has 0 bridgehead atoms. The summed E-state index contributed by atoms with van der Waals surface area (Å²) in [6, 6.07) is 8.80. The summed E-state index contributed by atoms with van der Waals surface area (Å²) in [5, 5.41) is 0. The summed E-state index contributed by atoms with van der Waals surface area (Å²) in [4.78, 5) is 0. The minimum Gasteiger partial charge on any atom is -0.142 e. The Labute approximate surface area is 128 Å². The first-order valence-corrected chi connectivity index (χ1v) is 9.40. The molecule has 1 fully saturated rings. The van der Waals surface area contributed by atoms with Crippen molar-refractivity contribution in [3.05, 3.63) is 34.3 Å². The standard InChI is InChI=1S/C15H21BrS2/c1-4-15(2,3)12-9-17-14(18-10-12)11-5-7-13(16)8-6-11/h5-8,12,14H,4,9-10H2,1-3H3. The van der Waals surface area contributed by atoms with E-state index < -0.39 is 0 Å². The van der Waals surface area contributed by atoms with Crippen molar-refractivity contribution >= 4 is 39.5 Å². The van der Waals surface area contributed by atoms with Crippen LogP contribution in [0.25, 0.3) is 0 Å². The van der Waals surface area contributed by atoms with Crippen LogP contribution in [0.1, 0.15) is 37.3 Å². The Bertz CT molecular complexity index is 378. The van der Waals surface area contributed by atoms with Crippen molar-refractivity contribution in [2.75, 3.05) is 11.5 Å². The number of benzene rings is 1. The summed E-state index contributed by atoms with van der Waals surface area (Å²) in [6.07, 6.45) is 1.28. The van der Waals surface area contributed by atoms with Crippen molar-refractivity contribution < 1.29 is 0 Å². The van der Waals surface area contributed by atoms with Crippen LogP contribution < -0.4 is 0 Å². The highest BCUT2D eigenvalue weighted by Crippen LogP contribution is 2.50. The first-order chi connectivity index (χ1) is 8.53. The highest BCUT2D eigenvalue weighted by molar-refractivity contribution is 9.10. The van der Waals surface area contributed by atoms with Crippen LogP contribution in [0, 0.1) is 11.3 Å². The first kappa shape index (κ1) is 14.8. The third kappa shape index (κ3) is 3.49. The monoisotopic (exact) mass is 344 g/mol. The molecule has 0 aromatic heterocycles. The van der Waals surface area contributed by atoms with E-state index in [1.807, 2.05) is 0 Å². The van der Waals surface area contributed by atoms with Gasteiger partial charge in [0.15, 0.2) is 0 Å². The highest BCUT2D eigenvalue weighted by atomic mass is 79.9. The highest BCUT2D eigenvalue weighted by Gasteiger charge is 2.32. The van der Waals surface area contributed by atoms with Crippen LogP contribution >= 0.6 is 39.5 Å². The number of hydrogen-bond acceptors (Lipinski definition) is 2. The summed E-state index contributed by atoms with van der Waals surface area (Å²) < 4.78 is 1.80. The molecule has 1 saturated heterocycles. The SMILES string of the molecule is CCC(C)(C)C1CSC(c2ccc(Br)cc2)SC1. The fourth-order valence-corrected chi connectivity index (χ4v) is 5.98. The molecule has 1 heterocycles. The van der Waals surface area contributed by atoms with Gasteiger partial charge in [0.2, 0.25) is 0 Å². The van der Waals surface area contributed by atoms with E-state index >= 15 is 0 Å². The fraction of sp³-hybridized carbons (Fsp3) is 0.600. The van der Waals surface area contributed by atoms with Gasteiger partial charge in [-0.2, -0.15) is 0 Å². The number of rotatable bonds is 3. The van der Waals surface area contributed by atoms with Crippen molar-refractivity contribution in [3.8, 4) is 0 Å². The molecule has 0 aliphatic carbocycles. The number of thioether (sulfide) groups is 2. The molecule has 1 aliphatic rings. The van der Waals surface area contributed by atoms with E-state index in [1.165, 1.54) is 28.0 Å². The Morgan fingerprint density at radius 1 is 1.17 bits per heavy atom. The van der Waals surface area contributed by atoms with Crippen molar-refractivity contribution in [1.29, 1.82) is 0 Å². The minimum absolute atomic E-state index is 0.491. The lowest BCUT2D eigenvalue weighted by Gasteiger charge is -2.38. The maximum Gasteiger partial charge on any atom is 0.0751 e. The van der Waals surface area contributed by atoms with E-state index in [0.29, 0.717) is 10.00 Å². The summed E-state index contributed by atoms with van der Waals surface area (Å²) in [5.74, 6) is 3.45. The lowest BCUT2D eigenvalue weighted by atomic mass is 9.79. The summed E-state index contributed by atoms with van der Waals surface area (Å²) in [6.45, 7) is 7.15. The van der Waals surface area contributed by atoms with Crippen LogP contribution in [0.2, 0.25) is 0 Å². The van der Waals surface area contributed by atoms with E-state index in [9.17, 15) is 0 Å². The smallest absolute Gasteiger partial charge is 0.0751 e. The Hall–Kier alpha value is 0.400. The zero-order valence-electron chi connectivity index (χ0n) is 11.3. The van der Waals surface area contributed by atoms with Crippen molar-refractivity contribution in [2.45, 2.75) is 31.8 Å². The molecular weight excluding hydrogens is 324 g/mol. The molecular formula is C15H21BrS2. The second-order valence-corrected chi connectivity index (χ2v) is 9.08. The van der Waals surface area contributed by atoms with Gasteiger partial charge < -0.3 is 0 Å². The third-order valence-corrected chi connectivity index (χ3v) is 7.74. The van der Waals surface area contributed by atoms with Crippen LogP contribution in [-0.2, 0) is 0 Å². The second-order valence-electron chi connectivity index (χ2n) is 5.59. The summed E-state index contributed by atoms with van der Waals surface area (Å²) >= 11 is 7.74. The zero-order chi connectivity index (χ0) is 13.2. The molecule has 1 aliphatic heterocycles. The Morgan fingerprint density at radius 3 is 2.22 bits per heavy atom. The van der Waals surface area contributed by atoms with E-state index in [0.717, 1.165) is 5.92 Å². The average Bonchev–Trinajstić information content (AvgIpc) is 2.40. The largest absolute Gasteiger partial charge is 0.142 e. The van der Waals surface area contributed by atoms with Crippen LogP contribution in [-0.4, -0.2) is 11.5 Å². The maximum atomic E-state index is 3.50. The zero-order valence-corrected chi connectivity index (χ0v) is 14.5. The van der Waals surface area contributed by atoms with E-state index in [-0.39, 0.29) is 0 Å². The predicted molar refractivity (Wildman–Crippen MR) is 89.4 cm³/mol. The number of halogens is 1. The van der Waals surface area contributed by atoms with Gasteiger partial charge in [0, 0.05) is 4.47 Å². The third-order valence-electron chi connectivity index (χ3n) is 4.06. The van der Waals surface area contributed by atoms with Gasteiger partial charge in [-0.3, -0.25) is 0 Å². The van der Waals surface area contributed by atoms with Crippen molar-refractivity contribution in [1.82, 2.24) is 0 Å². The number of hydrogen-bond donors (Lipinski definition) is 0. The van der Waals surface area contributed by atoms with E-state index in [4.69, 9.17) is 0 Å². The topological polar surface area (TPSA) is 0 Å². The van der Waals surface area contributed by atoms with Gasteiger partial charge in [0.05, 0.1) is 4.58 Å². The molecule has 0 N–H and O–H groups in total. The first-order valence-electron chi connectivity index (χ1n) is 6.51. The van der Waals surface area contributed by atoms with Crippen molar-refractivity contribution in [2.24, 2.45) is 11.3 Å². The van der Waals surface area contributed by atoms with Gasteiger partial charge in [0.1, 0.15) is 0 Å². The lowest BCUT2D eigenvalue weighted by Crippen LogP contribution is -2.30. The molecule has 0 amide bonds. The molecule has 0 spiro atoms. The Balaban J connectivity index is 1.96. The van der Waals surface area contributed by atoms with Crippen molar-refractivity contribution in [3.63, 3.8) is 0 Å². The van der Waals surface area contributed by atoms with Gasteiger partial charge in [-0.15, -0.1) is 23.5 Å². The average molecular weight is 345 g/mol. The molecule has 1 aromatic rings. The van der Waals surface area contributed by atoms with Crippen LogP contribution in [0.3, 0.4) is 0 Å². The molecule has 0 radical (unpaired) electrons. The summed E-state index contributed by atoms with van der Waals surface area (Å²) in [7, 11) is 0. The molecule has 0 atom stereocenters. The minimum atomic E-state index is 0.491. The van der Waals surface area contributed by atoms with Crippen LogP contribution in [0.4, 0.5) is 0 Å². The molecule has 2 rings (SSSR count). The Morgan fingerprint density at radius 2 is 1.72 bits per heavy atom. The van der Waals surface area contributed by atoms with Gasteiger partial charge in [-0.05, 0) is 40.5 Å². The predicted octanol–water partition coefficient (Wildman–Crippen LogP) is 5.98.